The largest absolute Gasteiger partial charge is 0.461 e. The Morgan fingerprint density at radius 3 is 2.62 bits per heavy atom. The molecule has 0 radical (unpaired) electrons. The SMILES string of the molecule is CCOC(=O)c1[nH]c(C)c(CCC(=O)Nc2ccccc2F)c1C. The Balaban J connectivity index is 2.03. The first-order valence-electron chi connectivity index (χ1n) is 7.83. The lowest BCUT2D eigenvalue weighted by atomic mass is 10.0. The molecule has 2 N–H and O–H groups in total. The molecule has 1 amide bonds. The maximum absolute atomic E-state index is 13.5. The van der Waals surface area contributed by atoms with Crippen LogP contribution in [0.4, 0.5) is 10.1 Å². The van der Waals surface area contributed by atoms with E-state index in [1.807, 2.05) is 13.8 Å². The molecule has 1 aromatic carbocycles. The molecule has 6 heteroatoms. The minimum atomic E-state index is -0.468. The van der Waals surface area contributed by atoms with Gasteiger partial charge in [-0.15, -0.1) is 0 Å². The second-order valence-electron chi connectivity index (χ2n) is 5.48. The molecule has 0 saturated heterocycles. The van der Waals surface area contributed by atoms with E-state index < -0.39 is 11.8 Å². The zero-order valence-electron chi connectivity index (χ0n) is 14.0. The lowest BCUT2D eigenvalue weighted by molar-refractivity contribution is -0.116. The van der Waals surface area contributed by atoms with E-state index in [4.69, 9.17) is 4.74 Å². The standard InChI is InChI=1S/C18H21FN2O3/c1-4-24-18(23)17-11(2)13(12(3)20-17)9-10-16(22)21-15-8-6-5-7-14(15)19/h5-8,20H,4,9-10H2,1-3H3,(H,21,22). The number of ether oxygens (including phenoxy) is 1. The van der Waals surface area contributed by atoms with Crippen molar-refractivity contribution < 1.29 is 18.7 Å². The highest BCUT2D eigenvalue weighted by Crippen LogP contribution is 2.21. The van der Waals surface area contributed by atoms with E-state index in [1.54, 1.807) is 19.1 Å². The van der Waals surface area contributed by atoms with Gasteiger partial charge in [0.25, 0.3) is 0 Å². The van der Waals surface area contributed by atoms with Crippen LogP contribution in [0, 0.1) is 19.7 Å². The van der Waals surface area contributed by atoms with Gasteiger partial charge in [-0.05, 0) is 50.5 Å². The highest BCUT2D eigenvalue weighted by Gasteiger charge is 2.18. The number of carbonyl (C=O) groups excluding carboxylic acids is 2. The zero-order valence-corrected chi connectivity index (χ0v) is 14.0. The van der Waals surface area contributed by atoms with E-state index in [2.05, 4.69) is 10.3 Å². The number of aromatic nitrogens is 1. The number of H-pyrrole nitrogens is 1. The summed E-state index contributed by atoms with van der Waals surface area (Å²) < 4.78 is 18.5. The molecule has 0 atom stereocenters. The molecule has 0 spiro atoms. The number of amides is 1. The Hall–Kier alpha value is -2.63. The van der Waals surface area contributed by atoms with Gasteiger partial charge in [0.2, 0.25) is 5.91 Å². The number of anilines is 1. The lowest BCUT2D eigenvalue weighted by Gasteiger charge is -2.07. The van der Waals surface area contributed by atoms with Crippen LogP contribution < -0.4 is 5.32 Å². The molecule has 24 heavy (non-hydrogen) atoms. The van der Waals surface area contributed by atoms with Crippen LogP contribution in [0.15, 0.2) is 24.3 Å². The molecule has 2 rings (SSSR count). The van der Waals surface area contributed by atoms with Crippen molar-refractivity contribution in [1.29, 1.82) is 0 Å². The maximum atomic E-state index is 13.5. The normalized spacial score (nSPS) is 10.5. The van der Waals surface area contributed by atoms with Crippen molar-refractivity contribution in [1.82, 2.24) is 4.98 Å². The number of esters is 1. The Morgan fingerprint density at radius 2 is 1.96 bits per heavy atom. The molecule has 128 valence electrons. The molecule has 2 aromatic rings. The molecule has 0 aliphatic rings. The smallest absolute Gasteiger partial charge is 0.355 e. The van der Waals surface area contributed by atoms with E-state index in [1.165, 1.54) is 12.1 Å². The number of hydrogen-bond donors (Lipinski definition) is 2. The van der Waals surface area contributed by atoms with Gasteiger partial charge in [0.15, 0.2) is 0 Å². The van der Waals surface area contributed by atoms with Crippen LogP contribution in [0.1, 0.15) is 40.7 Å². The highest BCUT2D eigenvalue weighted by atomic mass is 19.1. The number of aromatic amines is 1. The summed E-state index contributed by atoms with van der Waals surface area (Å²) in [6, 6.07) is 6.03. The third-order valence-electron chi connectivity index (χ3n) is 3.82. The monoisotopic (exact) mass is 332 g/mol. The number of aryl methyl sites for hydroxylation is 1. The summed E-state index contributed by atoms with van der Waals surface area (Å²) in [5.41, 5.74) is 3.09. The second-order valence-corrected chi connectivity index (χ2v) is 5.48. The van der Waals surface area contributed by atoms with Gasteiger partial charge >= 0.3 is 5.97 Å². The van der Waals surface area contributed by atoms with Crippen molar-refractivity contribution in [3.05, 3.63) is 52.6 Å². The van der Waals surface area contributed by atoms with Gasteiger partial charge in [-0.1, -0.05) is 12.1 Å². The summed E-state index contributed by atoms with van der Waals surface area (Å²) in [5.74, 6) is -1.15. The third kappa shape index (κ3) is 4.01. The van der Waals surface area contributed by atoms with Gasteiger partial charge in [0, 0.05) is 12.1 Å². The lowest BCUT2D eigenvalue weighted by Crippen LogP contribution is -2.13. The number of halogens is 1. The predicted octanol–water partition coefficient (Wildman–Crippen LogP) is 3.52. The van der Waals surface area contributed by atoms with Crippen molar-refractivity contribution in [3.63, 3.8) is 0 Å². The van der Waals surface area contributed by atoms with E-state index >= 15 is 0 Å². The number of rotatable bonds is 6. The van der Waals surface area contributed by atoms with Crippen LogP contribution in [0.25, 0.3) is 0 Å². The summed E-state index contributed by atoms with van der Waals surface area (Å²) >= 11 is 0. The third-order valence-corrected chi connectivity index (χ3v) is 3.82. The molecule has 0 bridgehead atoms. The van der Waals surface area contributed by atoms with Gasteiger partial charge in [0.1, 0.15) is 11.5 Å². The summed E-state index contributed by atoms with van der Waals surface area (Å²) in [6.45, 7) is 5.72. The summed E-state index contributed by atoms with van der Waals surface area (Å²) in [4.78, 5) is 26.9. The number of benzene rings is 1. The molecule has 1 heterocycles. The van der Waals surface area contributed by atoms with E-state index in [0.717, 1.165) is 16.8 Å². The molecule has 5 nitrogen and oxygen atoms in total. The van der Waals surface area contributed by atoms with E-state index in [0.29, 0.717) is 18.7 Å². The topological polar surface area (TPSA) is 71.2 Å². The molecule has 1 aromatic heterocycles. The van der Waals surface area contributed by atoms with Crippen LogP contribution in [-0.2, 0) is 16.0 Å². The van der Waals surface area contributed by atoms with E-state index in [9.17, 15) is 14.0 Å². The number of para-hydroxylation sites is 1. The van der Waals surface area contributed by atoms with Crippen LogP contribution in [0.5, 0.6) is 0 Å². The fourth-order valence-corrected chi connectivity index (χ4v) is 2.59. The molecule has 0 unspecified atom stereocenters. The van der Waals surface area contributed by atoms with Crippen molar-refractivity contribution in [2.45, 2.75) is 33.6 Å². The predicted molar refractivity (Wildman–Crippen MR) is 89.6 cm³/mol. The highest BCUT2D eigenvalue weighted by molar-refractivity contribution is 5.91. The summed E-state index contributed by atoms with van der Waals surface area (Å²) in [6.07, 6.45) is 0.643. The first kappa shape index (κ1) is 17.7. The second kappa shape index (κ2) is 7.77. The van der Waals surface area contributed by atoms with Crippen LogP contribution in [-0.4, -0.2) is 23.5 Å². The zero-order chi connectivity index (χ0) is 17.7. The Morgan fingerprint density at radius 1 is 1.25 bits per heavy atom. The van der Waals surface area contributed by atoms with Gasteiger partial charge in [0.05, 0.1) is 12.3 Å². The Bertz CT molecular complexity index is 753. The van der Waals surface area contributed by atoms with Gasteiger partial charge in [-0.3, -0.25) is 4.79 Å². The first-order chi connectivity index (χ1) is 11.4. The number of nitrogens with one attached hydrogen (secondary N) is 2. The Kier molecular flexibility index (Phi) is 5.73. The van der Waals surface area contributed by atoms with Gasteiger partial charge < -0.3 is 15.0 Å². The fraction of sp³-hybridized carbons (Fsp3) is 0.333. The van der Waals surface area contributed by atoms with Gasteiger partial charge in [-0.25, -0.2) is 9.18 Å². The fourth-order valence-electron chi connectivity index (χ4n) is 2.59. The molecular weight excluding hydrogens is 311 g/mol. The van der Waals surface area contributed by atoms with Crippen LogP contribution >= 0.6 is 0 Å². The minimum absolute atomic E-state index is 0.164. The molecule has 0 saturated carbocycles. The van der Waals surface area contributed by atoms with Crippen molar-refractivity contribution in [3.8, 4) is 0 Å². The summed E-state index contributed by atoms with van der Waals surface area (Å²) in [5, 5.41) is 2.55. The first-order valence-corrected chi connectivity index (χ1v) is 7.83. The minimum Gasteiger partial charge on any atom is -0.461 e. The van der Waals surface area contributed by atoms with Crippen molar-refractivity contribution in [2.24, 2.45) is 0 Å². The summed E-state index contributed by atoms with van der Waals surface area (Å²) in [7, 11) is 0. The average Bonchev–Trinajstić information content (AvgIpc) is 2.82. The molecule has 0 fully saturated rings. The molecular formula is C18H21FN2O3. The quantitative estimate of drug-likeness (QED) is 0.795. The average molecular weight is 332 g/mol. The maximum Gasteiger partial charge on any atom is 0.355 e. The molecule has 0 aliphatic heterocycles. The van der Waals surface area contributed by atoms with Crippen molar-refractivity contribution in [2.75, 3.05) is 11.9 Å². The Labute approximate surface area is 140 Å². The van der Waals surface area contributed by atoms with Gasteiger partial charge in [-0.2, -0.15) is 0 Å². The molecule has 0 aliphatic carbocycles. The van der Waals surface area contributed by atoms with Crippen LogP contribution in [0.3, 0.4) is 0 Å². The number of carbonyl (C=O) groups is 2. The number of hydrogen-bond acceptors (Lipinski definition) is 3. The van der Waals surface area contributed by atoms with Crippen LogP contribution in [0.2, 0.25) is 0 Å². The van der Waals surface area contributed by atoms with Crippen molar-refractivity contribution >= 4 is 17.6 Å². The van der Waals surface area contributed by atoms with E-state index in [-0.39, 0.29) is 18.0 Å².